The van der Waals surface area contributed by atoms with E-state index in [1.165, 1.54) is 0 Å². The zero-order valence-electron chi connectivity index (χ0n) is 7.66. The second kappa shape index (κ2) is 3.25. The molecule has 1 fully saturated rings. The van der Waals surface area contributed by atoms with Crippen LogP contribution in [-0.2, 0) is 0 Å². The predicted molar refractivity (Wildman–Crippen MR) is 50.2 cm³/mol. The maximum absolute atomic E-state index is 9.79. The van der Waals surface area contributed by atoms with Gasteiger partial charge in [-0.05, 0) is 12.8 Å². The van der Waals surface area contributed by atoms with Crippen LogP contribution in [0.3, 0.4) is 0 Å². The highest BCUT2D eigenvalue weighted by Gasteiger charge is 2.35. The average molecular weight is 184 g/mol. The molecular formula is C8H16N4O. The smallest absolute Gasteiger partial charge is 0.230 e. The fourth-order valence-corrected chi connectivity index (χ4v) is 1.88. The third kappa shape index (κ3) is 1.67. The van der Waals surface area contributed by atoms with Crippen LogP contribution in [0.15, 0.2) is 4.99 Å². The lowest BCUT2D eigenvalue weighted by molar-refractivity contribution is 0.0648. The minimum atomic E-state index is -1.41. The maximum Gasteiger partial charge on any atom is 0.230 e. The van der Waals surface area contributed by atoms with E-state index in [9.17, 15) is 5.11 Å². The zero-order valence-corrected chi connectivity index (χ0v) is 7.66. The van der Waals surface area contributed by atoms with Crippen molar-refractivity contribution in [3.8, 4) is 0 Å². The van der Waals surface area contributed by atoms with Gasteiger partial charge in [-0.2, -0.15) is 0 Å². The summed E-state index contributed by atoms with van der Waals surface area (Å²) in [4.78, 5) is 6.33. The Labute approximate surface area is 77.6 Å². The molecule has 0 aromatic rings. The predicted octanol–water partition coefficient (Wildman–Crippen LogP) is -1.31. The standard InChI is InChI=1S/C8H16N4O/c9-8(13)7(10-3-4-11-8)12-5-1-2-6-12/h11,13H,1-6,9H2. The number of hydrogen-bond acceptors (Lipinski definition) is 5. The van der Waals surface area contributed by atoms with Crippen LogP contribution in [0.1, 0.15) is 12.8 Å². The summed E-state index contributed by atoms with van der Waals surface area (Å²) in [6, 6.07) is 0. The first-order chi connectivity index (χ1) is 6.20. The lowest BCUT2D eigenvalue weighted by Gasteiger charge is -2.34. The van der Waals surface area contributed by atoms with E-state index in [0.29, 0.717) is 18.9 Å². The zero-order chi connectivity index (χ0) is 9.31. The Balaban J connectivity index is 2.14. The lowest BCUT2D eigenvalue weighted by Crippen LogP contribution is -2.66. The number of nitrogens with one attached hydrogen (secondary N) is 1. The molecule has 0 radical (unpaired) electrons. The molecule has 1 unspecified atom stereocenters. The highest BCUT2D eigenvalue weighted by Crippen LogP contribution is 2.13. The Kier molecular flexibility index (Phi) is 2.23. The number of rotatable bonds is 0. The van der Waals surface area contributed by atoms with Crippen LogP contribution < -0.4 is 11.1 Å². The molecule has 0 aromatic carbocycles. The number of aliphatic hydroxyl groups is 1. The summed E-state index contributed by atoms with van der Waals surface area (Å²) in [5.41, 5.74) is 5.67. The highest BCUT2D eigenvalue weighted by molar-refractivity contribution is 5.90. The Morgan fingerprint density at radius 3 is 2.77 bits per heavy atom. The number of amidine groups is 1. The first kappa shape index (κ1) is 8.93. The first-order valence-electron chi connectivity index (χ1n) is 4.76. The molecule has 1 atom stereocenters. The van der Waals surface area contributed by atoms with Gasteiger partial charge in [-0.1, -0.05) is 0 Å². The number of hydrogen-bond donors (Lipinski definition) is 3. The molecule has 0 aromatic heterocycles. The second-order valence-electron chi connectivity index (χ2n) is 3.59. The summed E-state index contributed by atoms with van der Waals surface area (Å²) in [7, 11) is 0. The number of likely N-dealkylation sites (tertiary alicyclic amines) is 1. The normalized spacial score (nSPS) is 34.9. The summed E-state index contributed by atoms with van der Waals surface area (Å²) in [5, 5.41) is 12.6. The Morgan fingerprint density at radius 2 is 2.15 bits per heavy atom. The molecule has 2 rings (SSSR count). The van der Waals surface area contributed by atoms with Gasteiger partial charge in [0.2, 0.25) is 5.85 Å². The van der Waals surface area contributed by atoms with E-state index in [1.807, 2.05) is 0 Å². The number of aliphatic imine (C=N–C) groups is 1. The largest absolute Gasteiger partial charge is 0.357 e. The minimum absolute atomic E-state index is 0.608. The maximum atomic E-state index is 9.79. The van der Waals surface area contributed by atoms with Crippen molar-refractivity contribution >= 4 is 5.84 Å². The van der Waals surface area contributed by atoms with Crippen molar-refractivity contribution in [2.24, 2.45) is 10.7 Å². The fraction of sp³-hybridized carbons (Fsp3) is 0.875. The summed E-state index contributed by atoms with van der Waals surface area (Å²) in [6.07, 6.45) is 2.32. The van der Waals surface area contributed by atoms with Crippen molar-refractivity contribution in [2.45, 2.75) is 18.7 Å². The van der Waals surface area contributed by atoms with Crippen LogP contribution in [0.25, 0.3) is 0 Å². The van der Waals surface area contributed by atoms with Crippen molar-refractivity contribution in [3.05, 3.63) is 0 Å². The molecule has 5 nitrogen and oxygen atoms in total. The van der Waals surface area contributed by atoms with E-state index in [2.05, 4.69) is 15.2 Å². The summed E-state index contributed by atoms with van der Waals surface area (Å²) in [6.45, 7) is 3.26. The molecule has 13 heavy (non-hydrogen) atoms. The third-order valence-electron chi connectivity index (χ3n) is 2.51. The first-order valence-corrected chi connectivity index (χ1v) is 4.76. The lowest BCUT2D eigenvalue weighted by atomic mass is 10.3. The summed E-state index contributed by atoms with van der Waals surface area (Å²) >= 11 is 0. The Morgan fingerprint density at radius 1 is 1.46 bits per heavy atom. The van der Waals surface area contributed by atoms with Gasteiger partial charge in [-0.25, -0.2) is 0 Å². The van der Waals surface area contributed by atoms with Gasteiger partial charge in [0, 0.05) is 19.6 Å². The molecule has 0 spiro atoms. The van der Waals surface area contributed by atoms with Crippen molar-refractivity contribution in [3.63, 3.8) is 0 Å². The van der Waals surface area contributed by atoms with Gasteiger partial charge in [-0.3, -0.25) is 16.0 Å². The molecule has 0 saturated carbocycles. The monoisotopic (exact) mass is 184 g/mol. The molecule has 2 heterocycles. The highest BCUT2D eigenvalue weighted by atomic mass is 16.3. The van der Waals surface area contributed by atoms with Gasteiger partial charge in [-0.15, -0.1) is 0 Å². The van der Waals surface area contributed by atoms with E-state index in [-0.39, 0.29) is 0 Å². The molecule has 74 valence electrons. The van der Waals surface area contributed by atoms with Crippen LogP contribution in [-0.4, -0.2) is 47.9 Å². The van der Waals surface area contributed by atoms with Crippen molar-refractivity contribution < 1.29 is 5.11 Å². The number of nitrogens with two attached hydrogens (primary N) is 1. The quantitative estimate of drug-likeness (QED) is 0.409. The second-order valence-corrected chi connectivity index (χ2v) is 3.59. The van der Waals surface area contributed by atoms with Crippen LogP contribution in [0.2, 0.25) is 0 Å². The van der Waals surface area contributed by atoms with Crippen molar-refractivity contribution in [2.75, 3.05) is 26.2 Å². The Bertz CT molecular complexity index is 220. The third-order valence-corrected chi connectivity index (χ3v) is 2.51. The van der Waals surface area contributed by atoms with Gasteiger partial charge >= 0.3 is 0 Å². The van der Waals surface area contributed by atoms with E-state index in [1.54, 1.807) is 0 Å². The summed E-state index contributed by atoms with van der Waals surface area (Å²) < 4.78 is 0. The molecule has 4 N–H and O–H groups in total. The van der Waals surface area contributed by atoms with Crippen LogP contribution in [0.5, 0.6) is 0 Å². The Hall–Kier alpha value is -0.650. The van der Waals surface area contributed by atoms with Gasteiger partial charge in [0.15, 0.2) is 5.84 Å². The molecule has 0 amide bonds. The van der Waals surface area contributed by atoms with E-state index < -0.39 is 5.85 Å². The number of nitrogens with zero attached hydrogens (tertiary/aromatic N) is 2. The van der Waals surface area contributed by atoms with E-state index in [0.717, 1.165) is 25.9 Å². The molecule has 0 aliphatic carbocycles. The van der Waals surface area contributed by atoms with Gasteiger partial charge in [0.05, 0.1) is 6.54 Å². The van der Waals surface area contributed by atoms with Gasteiger partial charge in [0.25, 0.3) is 0 Å². The van der Waals surface area contributed by atoms with Crippen LogP contribution in [0.4, 0.5) is 0 Å². The van der Waals surface area contributed by atoms with Crippen molar-refractivity contribution in [1.82, 2.24) is 10.2 Å². The van der Waals surface area contributed by atoms with Crippen molar-refractivity contribution in [1.29, 1.82) is 0 Å². The molecule has 1 saturated heterocycles. The SMILES string of the molecule is NC1(O)NCCN=C1N1CCCC1. The molecule has 0 bridgehead atoms. The van der Waals surface area contributed by atoms with Crippen LogP contribution >= 0.6 is 0 Å². The summed E-state index contributed by atoms with van der Waals surface area (Å²) in [5.74, 6) is -0.806. The topological polar surface area (TPSA) is 73.9 Å². The van der Waals surface area contributed by atoms with E-state index >= 15 is 0 Å². The molecular weight excluding hydrogens is 168 g/mol. The minimum Gasteiger partial charge on any atom is -0.357 e. The fourth-order valence-electron chi connectivity index (χ4n) is 1.88. The van der Waals surface area contributed by atoms with E-state index in [4.69, 9.17) is 5.73 Å². The average Bonchev–Trinajstić information content (AvgIpc) is 2.55. The van der Waals surface area contributed by atoms with Gasteiger partial charge in [0.1, 0.15) is 0 Å². The molecule has 2 aliphatic heterocycles. The van der Waals surface area contributed by atoms with Crippen LogP contribution in [0, 0.1) is 0 Å². The van der Waals surface area contributed by atoms with Gasteiger partial charge < -0.3 is 10.0 Å². The molecule has 2 aliphatic rings. The molecule has 5 heteroatoms.